The molecule has 3 amide bonds. The number of ether oxygens (including phenoxy) is 2. The number of amides is 3. The van der Waals surface area contributed by atoms with Crippen LogP contribution >= 0.6 is 0 Å². The Labute approximate surface area is 176 Å². The zero-order chi connectivity index (χ0) is 21.8. The van der Waals surface area contributed by atoms with Crippen LogP contribution in [0.1, 0.15) is 38.7 Å². The second kappa shape index (κ2) is 12.6. The van der Waals surface area contributed by atoms with Gasteiger partial charge >= 0.3 is 11.8 Å². The lowest BCUT2D eigenvalue weighted by atomic mass is 10.2. The predicted molar refractivity (Wildman–Crippen MR) is 112 cm³/mol. The van der Waals surface area contributed by atoms with Gasteiger partial charge in [0.15, 0.2) is 6.61 Å². The van der Waals surface area contributed by atoms with Crippen molar-refractivity contribution in [1.29, 1.82) is 0 Å². The summed E-state index contributed by atoms with van der Waals surface area (Å²) in [5.41, 5.74) is 2.89. The first-order valence-corrected chi connectivity index (χ1v) is 10.2. The van der Waals surface area contributed by atoms with Gasteiger partial charge in [-0.2, -0.15) is 5.10 Å². The minimum atomic E-state index is -0.837. The maximum absolute atomic E-state index is 12.0. The van der Waals surface area contributed by atoms with E-state index >= 15 is 0 Å². The van der Waals surface area contributed by atoms with Crippen molar-refractivity contribution in [2.24, 2.45) is 5.10 Å². The molecule has 2 N–H and O–H groups in total. The number of rotatable bonds is 10. The average Bonchev–Trinajstić information content (AvgIpc) is 3.27. The van der Waals surface area contributed by atoms with Crippen LogP contribution < -0.4 is 15.5 Å². The maximum Gasteiger partial charge on any atom is 0.329 e. The highest BCUT2D eigenvalue weighted by Crippen LogP contribution is 2.12. The van der Waals surface area contributed by atoms with E-state index in [0.717, 1.165) is 25.9 Å². The zero-order valence-electron chi connectivity index (χ0n) is 17.6. The summed E-state index contributed by atoms with van der Waals surface area (Å²) in [5.74, 6) is -1.02. The minimum Gasteiger partial charge on any atom is -0.484 e. The summed E-state index contributed by atoms with van der Waals surface area (Å²) in [6.07, 6.45) is 4.27. The fraction of sp³-hybridized carbons (Fsp3) is 0.524. The first-order valence-electron chi connectivity index (χ1n) is 10.2. The number of hydrazone groups is 1. The molecule has 1 heterocycles. The Morgan fingerprint density at radius 3 is 2.50 bits per heavy atom. The average molecular weight is 418 g/mol. The molecule has 1 saturated heterocycles. The van der Waals surface area contributed by atoms with Crippen LogP contribution in [-0.2, 0) is 19.1 Å². The van der Waals surface area contributed by atoms with Gasteiger partial charge in [-0.05, 0) is 62.9 Å². The van der Waals surface area contributed by atoms with E-state index in [0.29, 0.717) is 30.9 Å². The normalized spacial score (nSPS) is 13.6. The fourth-order valence-corrected chi connectivity index (χ4v) is 2.74. The Balaban J connectivity index is 1.66. The van der Waals surface area contributed by atoms with Crippen LogP contribution in [0.15, 0.2) is 29.4 Å². The van der Waals surface area contributed by atoms with Crippen molar-refractivity contribution in [3.63, 3.8) is 0 Å². The van der Waals surface area contributed by atoms with E-state index in [1.165, 1.54) is 6.21 Å². The molecule has 0 radical (unpaired) electrons. The second-order valence-corrected chi connectivity index (χ2v) is 7.17. The molecule has 0 bridgehead atoms. The predicted octanol–water partition coefficient (Wildman–Crippen LogP) is 1.07. The number of likely N-dealkylation sites (tertiary alicyclic amines) is 1. The van der Waals surface area contributed by atoms with Crippen molar-refractivity contribution in [2.75, 3.05) is 32.8 Å². The van der Waals surface area contributed by atoms with E-state index in [-0.39, 0.29) is 18.6 Å². The lowest BCUT2D eigenvalue weighted by Gasteiger charge is -2.15. The number of nitrogens with zero attached hydrogens (tertiary/aromatic N) is 2. The van der Waals surface area contributed by atoms with Crippen LogP contribution in [0.3, 0.4) is 0 Å². The lowest BCUT2D eigenvalue weighted by Crippen LogP contribution is -2.38. The standard InChI is InChI=1S/C21H30N4O5/c1-16(2)29-13-5-10-22-20(27)21(28)24-23-14-17-6-8-18(9-7-17)30-15-19(26)25-11-3-4-12-25/h6-9,14,16H,3-5,10-13,15H2,1-2H3,(H,22,27)(H,24,28)/b23-14-. The quantitative estimate of drug-likeness (QED) is 0.256. The zero-order valence-corrected chi connectivity index (χ0v) is 17.6. The first kappa shape index (κ1) is 23.3. The van der Waals surface area contributed by atoms with Crippen LogP contribution in [0.25, 0.3) is 0 Å². The van der Waals surface area contributed by atoms with E-state index in [2.05, 4.69) is 15.8 Å². The second-order valence-electron chi connectivity index (χ2n) is 7.17. The Hall–Kier alpha value is -2.94. The summed E-state index contributed by atoms with van der Waals surface area (Å²) >= 11 is 0. The van der Waals surface area contributed by atoms with Gasteiger partial charge in [-0.1, -0.05) is 0 Å². The lowest BCUT2D eigenvalue weighted by molar-refractivity contribution is -0.139. The Morgan fingerprint density at radius 1 is 1.13 bits per heavy atom. The molecule has 30 heavy (non-hydrogen) atoms. The molecule has 1 aliphatic rings. The molecule has 0 aromatic heterocycles. The molecule has 1 aromatic carbocycles. The van der Waals surface area contributed by atoms with Gasteiger partial charge in [-0.25, -0.2) is 5.43 Å². The number of hydrogen-bond acceptors (Lipinski definition) is 6. The summed E-state index contributed by atoms with van der Waals surface area (Å²) in [7, 11) is 0. The molecule has 1 aliphatic heterocycles. The van der Waals surface area contributed by atoms with E-state index < -0.39 is 11.8 Å². The number of nitrogens with one attached hydrogen (secondary N) is 2. The molecule has 0 aliphatic carbocycles. The summed E-state index contributed by atoms with van der Waals surface area (Å²) in [4.78, 5) is 37.1. The Kier molecular flexibility index (Phi) is 9.79. The van der Waals surface area contributed by atoms with Gasteiger partial charge in [-0.15, -0.1) is 0 Å². The summed E-state index contributed by atoms with van der Waals surface area (Å²) in [6.45, 7) is 6.35. The van der Waals surface area contributed by atoms with E-state index in [4.69, 9.17) is 9.47 Å². The molecule has 0 saturated carbocycles. The fourth-order valence-electron chi connectivity index (χ4n) is 2.74. The highest BCUT2D eigenvalue weighted by atomic mass is 16.5. The van der Waals surface area contributed by atoms with Gasteiger partial charge in [-0.3, -0.25) is 14.4 Å². The number of carbonyl (C=O) groups excluding carboxylic acids is 3. The number of hydrogen-bond donors (Lipinski definition) is 2. The van der Waals surface area contributed by atoms with E-state index in [1.54, 1.807) is 29.2 Å². The maximum atomic E-state index is 12.0. The van der Waals surface area contributed by atoms with Gasteiger partial charge < -0.3 is 19.7 Å². The van der Waals surface area contributed by atoms with Crippen molar-refractivity contribution in [2.45, 2.75) is 39.2 Å². The van der Waals surface area contributed by atoms with Gasteiger partial charge in [0.05, 0.1) is 12.3 Å². The van der Waals surface area contributed by atoms with E-state index in [1.807, 2.05) is 13.8 Å². The highest BCUT2D eigenvalue weighted by Gasteiger charge is 2.18. The third-order valence-electron chi connectivity index (χ3n) is 4.34. The Morgan fingerprint density at radius 2 is 1.83 bits per heavy atom. The summed E-state index contributed by atoms with van der Waals surface area (Å²) in [5, 5.41) is 6.28. The van der Waals surface area contributed by atoms with Crippen molar-refractivity contribution < 1.29 is 23.9 Å². The highest BCUT2D eigenvalue weighted by molar-refractivity contribution is 6.35. The summed E-state index contributed by atoms with van der Waals surface area (Å²) in [6, 6.07) is 6.90. The monoisotopic (exact) mass is 418 g/mol. The van der Waals surface area contributed by atoms with Crippen LogP contribution in [0.2, 0.25) is 0 Å². The molecule has 0 atom stereocenters. The number of benzene rings is 1. The summed E-state index contributed by atoms with van der Waals surface area (Å²) < 4.78 is 10.9. The third kappa shape index (κ3) is 8.60. The van der Waals surface area contributed by atoms with Crippen molar-refractivity contribution in [3.8, 4) is 5.75 Å². The van der Waals surface area contributed by atoms with Gasteiger partial charge in [0.2, 0.25) is 0 Å². The topological polar surface area (TPSA) is 109 Å². The first-order chi connectivity index (χ1) is 14.5. The molecule has 1 aromatic rings. The molecule has 9 nitrogen and oxygen atoms in total. The van der Waals surface area contributed by atoms with Crippen LogP contribution in [0.5, 0.6) is 5.75 Å². The number of carbonyl (C=O) groups is 3. The minimum absolute atomic E-state index is 0.00780. The molecule has 9 heteroatoms. The SMILES string of the molecule is CC(C)OCCCNC(=O)C(=O)N/N=C\c1ccc(OCC(=O)N2CCCC2)cc1. The smallest absolute Gasteiger partial charge is 0.329 e. The Bertz CT molecular complexity index is 727. The molecule has 2 rings (SSSR count). The van der Waals surface area contributed by atoms with Crippen LogP contribution in [-0.4, -0.2) is 67.8 Å². The molecular weight excluding hydrogens is 388 g/mol. The molecule has 164 valence electrons. The molecule has 0 unspecified atom stereocenters. The largest absolute Gasteiger partial charge is 0.484 e. The van der Waals surface area contributed by atoms with Crippen molar-refractivity contribution >= 4 is 23.9 Å². The van der Waals surface area contributed by atoms with Gasteiger partial charge in [0.25, 0.3) is 5.91 Å². The van der Waals surface area contributed by atoms with Crippen molar-refractivity contribution in [3.05, 3.63) is 29.8 Å². The molecule has 0 spiro atoms. The van der Waals surface area contributed by atoms with Crippen LogP contribution in [0, 0.1) is 0 Å². The van der Waals surface area contributed by atoms with Crippen LogP contribution in [0.4, 0.5) is 0 Å². The molecular formula is C21H30N4O5. The third-order valence-corrected chi connectivity index (χ3v) is 4.34. The van der Waals surface area contributed by atoms with Gasteiger partial charge in [0, 0.05) is 26.2 Å². The van der Waals surface area contributed by atoms with Crippen molar-refractivity contribution in [1.82, 2.24) is 15.6 Å². The van der Waals surface area contributed by atoms with E-state index in [9.17, 15) is 14.4 Å². The molecule has 1 fully saturated rings. The van der Waals surface area contributed by atoms with Gasteiger partial charge in [0.1, 0.15) is 5.75 Å².